The highest BCUT2D eigenvalue weighted by atomic mass is 32.1. The van der Waals surface area contributed by atoms with Gasteiger partial charge in [0.05, 0.1) is 18.3 Å². The standard InChI is InChI=1S/C13H19N3OS/c1-10-7-16(11(2)8-17-3)13(15-10)14-6-12-4-5-18-9-12/h4-5,7,9,11H,6,8H2,1-3H3,(H,14,15). The van der Waals surface area contributed by atoms with Crippen LogP contribution in [0.3, 0.4) is 0 Å². The molecule has 0 fully saturated rings. The van der Waals surface area contributed by atoms with Crippen molar-refractivity contribution in [1.29, 1.82) is 0 Å². The number of aromatic nitrogens is 2. The van der Waals surface area contributed by atoms with Gasteiger partial charge in [-0.3, -0.25) is 0 Å². The predicted molar refractivity (Wildman–Crippen MR) is 75.2 cm³/mol. The molecular formula is C13H19N3OS. The molecule has 2 rings (SSSR count). The number of rotatable bonds is 6. The second kappa shape index (κ2) is 6.02. The number of ether oxygens (including phenoxy) is 1. The minimum Gasteiger partial charge on any atom is -0.383 e. The van der Waals surface area contributed by atoms with Gasteiger partial charge in [0.25, 0.3) is 0 Å². The van der Waals surface area contributed by atoms with Gasteiger partial charge in [-0.05, 0) is 36.2 Å². The van der Waals surface area contributed by atoms with Crippen molar-refractivity contribution in [3.05, 3.63) is 34.3 Å². The molecule has 0 saturated carbocycles. The highest BCUT2D eigenvalue weighted by Crippen LogP contribution is 2.17. The molecule has 0 bridgehead atoms. The van der Waals surface area contributed by atoms with Gasteiger partial charge in [0.2, 0.25) is 5.95 Å². The number of nitrogens with zero attached hydrogens (tertiary/aromatic N) is 2. The number of anilines is 1. The smallest absolute Gasteiger partial charge is 0.203 e. The van der Waals surface area contributed by atoms with Crippen LogP contribution >= 0.6 is 11.3 Å². The van der Waals surface area contributed by atoms with Crippen molar-refractivity contribution < 1.29 is 4.74 Å². The van der Waals surface area contributed by atoms with E-state index in [1.54, 1.807) is 18.4 Å². The summed E-state index contributed by atoms with van der Waals surface area (Å²) >= 11 is 1.71. The van der Waals surface area contributed by atoms with Crippen molar-refractivity contribution in [3.63, 3.8) is 0 Å². The number of imidazole rings is 1. The molecule has 2 heterocycles. The van der Waals surface area contributed by atoms with Crippen LogP contribution < -0.4 is 5.32 Å². The summed E-state index contributed by atoms with van der Waals surface area (Å²) in [5.74, 6) is 0.906. The van der Waals surface area contributed by atoms with Gasteiger partial charge in [-0.2, -0.15) is 11.3 Å². The van der Waals surface area contributed by atoms with E-state index in [0.717, 1.165) is 18.2 Å². The van der Waals surface area contributed by atoms with Crippen molar-refractivity contribution in [1.82, 2.24) is 9.55 Å². The quantitative estimate of drug-likeness (QED) is 0.872. The summed E-state index contributed by atoms with van der Waals surface area (Å²) < 4.78 is 7.33. The molecule has 1 atom stereocenters. The Morgan fingerprint density at radius 1 is 1.56 bits per heavy atom. The van der Waals surface area contributed by atoms with E-state index in [1.807, 2.05) is 6.92 Å². The predicted octanol–water partition coefficient (Wildman–Crippen LogP) is 3.07. The Kier molecular flexibility index (Phi) is 4.38. The Morgan fingerprint density at radius 2 is 2.39 bits per heavy atom. The zero-order valence-corrected chi connectivity index (χ0v) is 11.8. The van der Waals surface area contributed by atoms with Gasteiger partial charge in [0.15, 0.2) is 0 Å². The van der Waals surface area contributed by atoms with E-state index in [9.17, 15) is 0 Å². The van der Waals surface area contributed by atoms with Crippen molar-refractivity contribution >= 4 is 17.3 Å². The Morgan fingerprint density at radius 3 is 3.06 bits per heavy atom. The van der Waals surface area contributed by atoms with Crippen LogP contribution in [0.5, 0.6) is 0 Å². The van der Waals surface area contributed by atoms with Crippen molar-refractivity contribution in [2.75, 3.05) is 19.0 Å². The molecule has 18 heavy (non-hydrogen) atoms. The van der Waals surface area contributed by atoms with Gasteiger partial charge >= 0.3 is 0 Å². The average Bonchev–Trinajstić information content (AvgIpc) is 2.95. The molecule has 0 aliphatic rings. The van der Waals surface area contributed by atoms with Gasteiger partial charge < -0.3 is 14.6 Å². The second-order valence-electron chi connectivity index (χ2n) is 4.40. The van der Waals surface area contributed by atoms with E-state index in [2.05, 4.69) is 44.8 Å². The first-order valence-electron chi connectivity index (χ1n) is 6.00. The fourth-order valence-electron chi connectivity index (χ4n) is 1.88. The van der Waals surface area contributed by atoms with Crippen LogP contribution in [0.15, 0.2) is 23.0 Å². The molecule has 0 saturated heterocycles. The van der Waals surface area contributed by atoms with Crippen LogP contribution in [0.2, 0.25) is 0 Å². The van der Waals surface area contributed by atoms with Crippen LogP contribution in [0.4, 0.5) is 5.95 Å². The minimum atomic E-state index is 0.279. The maximum atomic E-state index is 5.20. The Labute approximate surface area is 112 Å². The summed E-state index contributed by atoms with van der Waals surface area (Å²) in [5, 5.41) is 7.61. The second-order valence-corrected chi connectivity index (χ2v) is 5.18. The van der Waals surface area contributed by atoms with Gasteiger partial charge in [0.1, 0.15) is 0 Å². The van der Waals surface area contributed by atoms with Crippen LogP contribution in [0.25, 0.3) is 0 Å². The van der Waals surface area contributed by atoms with E-state index in [-0.39, 0.29) is 6.04 Å². The lowest BCUT2D eigenvalue weighted by molar-refractivity contribution is 0.163. The molecule has 1 unspecified atom stereocenters. The first-order chi connectivity index (χ1) is 8.70. The molecule has 98 valence electrons. The Hall–Kier alpha value is -1.33. The maximum Gasteiger partial charge on any atom is 0.203 e. The number of thiophene rings is 1. The van der Waals surface area contributed by atoms with E-state index < -0.39 is 0 Å². The molecule has 2 aromatic heterocycles. The first kappa shape index (κ1) is 13.1. The third kappa shape index (κ3) is 3.11. The third-order valence-electron chi connectivity index (χ3n) is 2.77. The highest BCUT2D eigenvalue weighted by molar-refractivity contribution is 7.07. The largest absolute Gasteiger partial charge is 0.383 e. The summed E-state index contributed by atoms with van der Waals surface area (Å²) in [6, 6.07) is 2.40. The molecular weight excluding hydrogens is 246 g/mol. The van der Waals surface area contributed by atoms with Gasteiger partial charge in [-0.25, -0.2) is 4.98 Å². The van der Waals surface area contributed by atoms with Crippen LogP contribution in [-0.4, -0.2) is 23.3 Å². The lowest BCUT2D eigenvalue weighted by Gasteiger charge is -2.15. The number of aryl methyl sites for hydroxylation is 1. The zero-order valence-electron chi connectivity index (χ0n) is 11.0. The van der Waals surface area contributed by atoms with Crippen LogP contribution in [0.1, 0.15) is 24.2 Å². The molecule has 4 nitrogen and oxygen atoms in total. The van der Waals surface area contributed by atoms with Crippen LogP contribution in [-0.2, 0) is 11.3 Å². The SMILES string of the molecule is COCC(C)n1cc(C)nc1NCc1ccsc1. The molecule has 0 radical (unpaired) electrons. The average molecular weight is 265 g/mol. The first-order valence-corrected chi connectivity index (χ1v) is 6.94. The van der Waals surface area contributed by atoms with Crippen molar-refractivity contribution in [3.8, 4) is 0 Å². The third-order valence-corrected chi connectivity index (χ3v) is 3.50. The summed E-state index contributed by atoms with van der Waals surface area (Å²) in [6.07, 6.45) is 2.06. The molecule has 1 N–H and O–H groups in total. The highest BCUT2D eigenvalue weighted by Gasteiger charge is 2.11. The number of methoxy groups -OCH3 is 1. The number of hydrogen-bond donors (Lipinski definition) is 1. The number of hydrogen-bond acceptors (Lipinski definition) is 4. The molecule has 0 amide bonds. The summed E-state index contributed by atoms with van der Waals surface area (Å²) in [5.41, 5.74) is 2.30. The zero-order chi connectivity index (χ0) is 13.0. The van der Waals surface area contributed by atoms with E-state index in [4.69, 9.17) is 4.74 Å². The fraction of sp³-hybridized carbons (Fsp3) is 0.462. The van der Waals surface area contributed by atoms with E-state index >= 15 is 0 Å². The lowest BCUT2D eigenvalue weighted by Crippen LogP contribution is -2.14. The molecule has 2 aromatic rings. The number of nitrogens with one attached hydrogen (secondary N) is 1. The summed E-state index contributed by atoms with van der Waals surface area (Å²) in [7, 11) is 1.72. The van der Waals surface area contributed by atoms with E-state index in [0.29, 0.717) is 6.61 Å². The summed E-state index contributed by atoms with van der Waals surface area (Å²) in [4.78, 5) is 4.51. The Balaban J connectivity index is 2.07. The molecule has 5 heteroatoms. The van der Waals surface area contributed by atoms with Crippen molar-refractivity contribution in [2.24, 2.45) is 0 Å². The molecule has 0 aromatic carbocycles. The van der Waals surface area contributed by atoms with Gasteiger partial charge in [-0.1, -0.05) is 0 Å². The van der Waals surface area contributed by atoms with Gasteiger partial charge in [-0.15, -0.1) is 0 Å². The minimum absolute atomic E-state index is 0.279. The normalized spacial score (nSPS) is 12.6. The summed E-state index contributed by atoms with van der Waals surface area (Å²) in [6.45, 7) is 5.62. The van der Waals surface area contributed by atoms with Crippen molar-refractivity contribution in [2.45, 2.75) is 26.4 Å². The van der Waals surface area contributed by atoms with Gasteiger partial charge in [0, 0.05) is 19.9 Å². The fourth-order valence-corrected chi connectivity index (χ4v) is 2.55. The van der Waals surface area contributed by atoms with Crippen LogP contribution in [0, 0.1) is 6.92 Å². The lowest BCUT2D eigenvalue weighted by atomic mass is 10.3. The maximum absolute atomic E-state index is 5.20. The monoisotopic (exact) mass is 265 g/mol. The topological polar surface area (TPSA) is 39.1 Å². The molecule has 0 aliphatic heterocycles. The molecule has 0 spiro atoms. The van der Waals surface area contributed by atoms with E-state index in [1.165, 1.54) is 5.56 Å². The molecule has 0 aliphatic carbocycles. The Bertz CT molecular complexity index is 478.